The Labute approximate surface area is 554 Å². The maximum Gasteiger partial charge on any atom is 0.236 e. The van der Waals surface area contributed by atoms with E-state index >= 15 is 0 Å². The van der Waals surface area contributed by atoms with Crippen LogP contribution in [0.15, 0.2) is 152 Å². The van der Waals surface area contributed by atoms with Crippen molar-refractivity contribution in [3.8, 4) is 0 Å². The minimum absolute atomic E-state index is 0.0215. The Morgan fingerprint density at radius 1 is 0.315 bits per heavy atom. The quantitative estimate of drug-likeness (QED) is 0.0596. The van der Waals surface area contributed by atoms with E-state index in [9.17, 15) is 38.4 Å². The molecule has 92 heavy (non-hydrogen) atoms. The van der Waals surface area contributed by atoms with Crippen molar-refractivity contribution in [2.24, 2.45) is 107 Å². The Morgan fingerprint density at radius 3 is 0.804 bits per heavy atom. The summed E-state index contributed by atoms with van der Waals surface area (Å²) >= 11 is 0. The van der Waals surface area contributed by atoms with E-state index in [1.165, 1.54) is 41.9 Å². The van der Waals surface area contributed by atoms with Crippen LogP contribution in [0.4, 0.5) is 0 Å². The summed E-state index contributed by atoms with van der Waals surface area (Å²) in [5.41, 5.74) is 0. The molecule has 5 aliphatic heterocycles. The van der Waals surface area contributed by atoms with Crippen molar-refractivity contribution in [2.75, 3.05) is 13.1 Å². The number of likely N-dealkylation sites (tertiary alicyclic amines) is 2. The second-order valence-electron chi connectivity index (χ2n) is 25.3. The zero-order chi connectivity index (χ0) is 69.4. The molecule has 5 heterocycles. The fourth-order valence-corrected chi connectivity index (χ4v) is 16.4. The van der Waals surface area contributed by atoms with E-state index in [0.29, 0.717) is 50.6 Å². The zero-order valence-electron chi connectivity index (χ0n) is 57.8. The maximum atomic E-state index is 12.1. The van der Waals surface area contributed by atoms with Crippen molar-refractivity contribution in [1.29, 1.82) is 0 Å². The molecule has 8 rings (SSSR count). The number of rotatable bonds is 26. The third-order valence-electron chi connectivity index (χ3n) is 21.2. The Hall–Kier alpha value is -6.28. The Bertz CT molecular complexity index is 2320. The van der Waals surface area contributed by atoms with Crippen molar-refractivity contribution in [3.05, 3.63) is 152 Å². The molecule has 5 saturated heterocycles. The number of fused-ring (bicyclic) bond motifs is 2. The molecule has 0 spiro atoms. The SMILES string of the molecule is C=CC1CC(C=C)C(C(=O)CC)C1C(=O)CC.C=CC1CC(C=C)C(CC)C1CC.C=CC1CC(C=C)C2C(=O)N(CC)C(=O)C12.C=CC1OC(C=C)C(C(=O)CC)C1C(=O)CC.C=CC1OC(C=C)C(CC)C1CC.C=CC1OC(C=C)C2C(=O)N(CC)C(=O)C12. The van der Waals surface area contributed by atoms with Gasteiger partial charge in [-0.05, 0) is 92.3 Å². The second-order valence-corrected chi connectivity index (χ2v) is 25.3. The molecule has 0 aromatic heterocycles. The summed E-state index contributed by atoms with van der Waals surface area (Å²) in [5.74, 6) is 2.77. The van der Waals surface area contributed by atoms with Crippen molar-refractivity contribution in [1.82, 2.24) is 9.80 Å². The van der Waals surface area contributed by atoms with Gasteiger partial charge in [0, 0.05) is 50.6 Å². The van der Waals surface area contributed by atoms with E-state index in [4.69, 9.17) is 14.2 Å². The molecule has 0 aromatic carbocycles. The molecule has 0 N–H and O–H groups in total. The summed E-state index contributed by atoms with van der Waals surface area (Å²) in [7, 11) is 0. The highest BCUT2D eigenvalue weighted by atomic mass is 16.5. The number of carbonyl (C=O) groups excluding carboxylic acids is 8. The molecule has 24 unspecified atom stereocenters. The molecule has 8 aliphatic rings. The average molecular weight is 1270 g/mol. The Morgan fingerprint density at radius 2 is 0.554 bits per heavy atom. The number of amides is 4. The van der Waals surface area contributed by atoms with Crippen molar-refractivity contribution < 1.29 is 52.6 Å². The summed E-state index contributed by atoms with van der Waals surface area (Å²) in [4.78, 5) is 98.8. The average Bonchev–Trinajstić information content (AvgIpc) is 1.61. The van der Waals surface area contributed by atoms with Crippen molar-refractivity contribution >= 4 is 46.8 Å². The molecule has 508 valence electrons. The molecule has 3 aliphatic carbocycles. The van der Waals surface area contributed by atoms with Gasteiger partial charge in [0.05, 0.1) is 72.1 Å². The van der Waals surface area contributed by atoms with E-state index in [2.05, 4.69) is 119 Å². The number of allylic oxidation sites excluding steroid dienone is 6. The minimum atomic E-state index is -0.409. The van der Waals surface area contributed by atoms with Gasteiger partial charge in [-0.2, -0.15) is 0 Å². The van der Waals surface area contributed by atoms with E-state index in [0.717, 1.165) is 36.5 Å². The first-order chi connectivity index (χ1) is 44.1. The third-order valence-corrected chi connectivity index (χ3v) is 21.2. The monoisotopic (exact) mass is 1270 g/mol. The molecule has 13 heteroatoms. The molecule has 0 bridgehead atoms. The summed E-state index contributed by atoms with van der Waals surface area (Å²) in [6.45, 7) is 66.2. The topological polar surface area (TPSA) is 171 Å². The van der Waals surface area contributed by atoms with E-state index in [1.807, 2.05) is 57.2 Å². The Balaban J connectivity index is 0.000000289. The number of ether oxygens (including phenoxy) is 3. The summed E-state index contributed by atoms with van der Waals surface area (Å²) < 4.78 is 17.0. The van der Waals surface area contributed by atoms with Crippen molar-refractivity contribution in [3.63, 3.8) is 0 Å². The molecule has 0 radical (unpaired) electrons. The van der Waals surface area contributed by atoms with Crippen LogP contribution in [0, 0.1) is 107 Å². The first kappa shape index (κ1) is 80.0. The van der Waals surface area contributed by atoms with Gasteiger partial charge in [-0.15, -0.1) is 78.9 Å². The molecule has 3 saturated carbocycles. The van der Waals surface area contributed by atoms with E-state index in [1.54, 1.807) is 45.1 Å². The lowest BCUT2D eigenvalue weighted by molar-refractivity contribution is -0.143. The van der Waals surface area contributed by atoms with Gasteiger partial charge >= 0.3 is 0 Å². The zero-order valence-corrected chi connectivity index (χ0v) is 57.8. The normalized spacial score (nSPS) is 36.0. The highest BCUT2D eigenvalue weighted by molar-refractivity contribution is 6.07. The van der Waals surface area contributed by atoms with Gasteiger partial charge in [0.25, 0.3) is 0 Å². The Kier molecular flexibility index (Phi) is 33.7. The largest absolute Gasteiger partial charge is 0.366 e. The number of imide groups is 2. The van der Waals surface area contributed by atoms with Gasteiger partial charge in [-0.25, -0.2) is 0 Å². The summed E-state index contributed by atoms with van der Waals surface area (Å²) in [5, 5.41) is 0. The van der Waals surface area contributed by atoms with E-state index in [-0.39, 0.29) is 131 Å². The van der Waals surface area contributed by atoms with Gasteiger partial charge in [-0.3, -0.25) is 48.2 Å². The molecule has 24 atom stereocenters. The van der Waals surface area contributed by atoms with Gasteiger partial charge in [0.1, 0.15) is 23.1 Å². The fourth-order valence-electron chi connectivity index (χ4n) is 16.4. The van der Waals surface area contributed by atoms with Crippen LogP contribution in [0.5, 0.6) is 0 Å². The van der Waals surface area contributed by atoms with Crippen LogP contribution in [0.1, 0.15) is 140 Å². The lowest BCUT2D eigenvalue weighted by Crippen LogP contribution is -2.35. The molecule has 4 amide bonds. The first-order valence-corrected chi connectivity index (χ1v) is 34.4. The van der Waals surface area contributed by atoms with Crippen LogP contribution < -0.4 is 0 Å². The third kappa shape index (κ3) is 17.3. The molecule has 8 fully saturated rings. The van der Waals surface area contributed by atoms with Gasteiger partial charge < -0.3 is 14.2 Å². The molecule has 0 aromatic rings. The summed E-state index contributed by atoms with van der Waals surface area (Å²) in [6.07, 6.45) is 30.5. The van der Waals surface area contributed by atoms with Crippen LogP contribution in [0.2, 0.25) is 0 Å². The van der Waals surface area contributed by atoms with Gasteiger partial charge in [0.15, 0.2) is 0 Å². The number of hydrogen-bond acceptors (Lipinski definition) is 11. The number of Topliss-reactive ketones (excluding diaryl/α,β-unsaturated/α-hetero) is 4. The molecular formula is C79H116N2O11. The van der Waals surface area contributed by atoms with E-state index < -0.39 is 23.7 Å². The highest BCUT2D eigenvalue weighted by Crippen LogP contribution is 2.50. The summed E-state index contributed by atoms with van der Waals surface area (Å²) in [6, 6.07) is 0. The highest BCUT2D eigenvalue weighted by Gasteiger charge is 2.59. The predicted molar refractivity (Wildman–Crippen MR) is 372 cm³/mol. The lowest BCUT2D eigenvalue weighted by Gasteiger charge is -2.22. The maximum absolute atomic E-state index is 12.1. The van der Waals surface area contributed by atoms with Gasteiger partial charge in [-0.1, -0.05) is 154 Å². The van der Waals surface area contributed by atoms with Crippen LogP contribution in [0.3, 0.4) is 0 Å². The number of ketones is 4. The lowest BCUT2D eigenvalue weighted by atomic mass is 9.79. The van der Waals surface area contributed by atoms with Gasteiger partial charge in [0.2, 0.25) is 23.6 Å². The smallest absolute Gasteiger partial charge is 0.236 e. The minimum Gasteiger partial charge on any atom is -0.366 e. The van der Waals surface area contributed by atoms with Crippen LogP contribution in [-0.2, 0) is 52.6 Å². The fraction of sp³-hybridized carbons (Fsp3) is 0.595. The number of hydrogen-bond donors (Lipinski definition) is 0. The standard InChI is InChI=1S/C15H22O2.C14H20O3.C13H17NO2.C13H22.C12H15NO3.C12H20O/c1-5-10-9-11(6-2)15(13(17)8-4)14(10)12(16)7-3;1-5-9(15)13-11(7-3)17-12(8-4)14(13)10(16)6-2;1-4-8-7-9(5-2)11-10(8)12(15)14(6-3)13(11)16;1-5-10-9-11(6-2)13(8-4)12(10)7-3;1-4-7-9-10(8(5-2)16-7)12(15)13(6-3)11(9)14;1-5-9-10(6-2)12(8-4)13-11(9)7-3/h5-6,10-11,14-15H,1-2,7-9H2,3-4H3;7-8,11-14H,3-6H2,1-2H3;4-5,8-11H,1-2,6-7H2,3H3;5-6,10-13H,1-2,7-9H2,3-4H3;4-5,7-10H,1-2,6H2,3H3;7-12H,3-6H2,1-2H3. The van der Waals surface area contributed by atoms with Crippen LogP contribution in [-0.4, -0.2) is 106 Å². The van der Waals surface area contributed by atoms with Crippen LogP contribution >= 0.6 is 0 Å². The first-order valence-electron chi connectivity index (χ1n) is 34.4. The van der Waals surface area contributed by atoms with Crippen LogP contribution in [0.25, 0.3) is 0 Å². The molecular weight excluding hydrogens is 1150 g/mol. The predicted octanol–water partition coefficient (Wildman–Crippen LogP) is 15.1. The second kappa shape index (κ2) is 38.8. The number of nitrogens with zero attached hydrogens (tertiary/aromatic N) is 2. The number of carbonyl (C=O) groups is 8. The van der Waals surface area contributed by atoms with Crippen molar-refractivity contribution in [2.45, 2.75) is 176 Å². The molecule has 13 nitrogen and oxygen atoms in total.